The molecule has 3 rings (SSSR count). The molecule has 0 heterocycles. The van der Waals surface area contributed by atoms with E-state index in [2.05, 4.69) is 18.3 Å². The molecule has 140 valence electrons. The van der Waals surface area contributed by atoms with Gasteiger partial charge in [-0.2, -0.15) is 0 Å². The van der Waals surface area contributed by atoms with Crippen LogP contribution >= 0.6 is 0 Å². The zero-order valence-corrected chi connectivity index (χ0v) is 16.0. The third-order valence-electron chi connectivity index (χ3n) is 4.67. The molecular formula is C23H25NO3. The minimum atomic E-state index is -0.136. The van der Waals surface area contributed by atoms with Gasteiger partial charge < -0.3 is 14.8 Å². The molecule has 27 heavy (non-hydrogen) atoms. The molecule has 4 heteroatoms. The summed E-state index contributed by atoms with van der Waals surface area (Å²) in [6.45, 7) is 4.04. The highest BCUT2D eigenvalue weighted by Gasteiger charge is 2.15. The first-order valence-electron chi connectivity index (χ1n) is 9.16. The summed E-state index contributed by atoms with van der Waals surface area (Å²) in [4.78, 5) is 12.4. The van der Waals surface area contributed by atoms with Crippen molar-refractivity contribution in [2.75, 3.05) is 13.7 Å². The minimum Gasteiger partial charge on any atom is -0.496 e. The molecular weight excluding hydrogens is 338 g/mol. The van der Waals surface area contributed by atoms with Gasteiger partial charge in [0.2, 0.25) is 0 Å². The van der Waals surface area contributed by atoms with Gasteiger partial charge in [-0.3, -0.25) is 4.79 Å². The molecule has 0 saturated carbocycles. The average Bonchev–Trinajstić information content (AvgIpc) is 2.70. The van der Waals surface area contributed by atoms with E-state index in [1.165, 1.54) is 0 Å². The number of nitrogens with one attached hydrogen (secondary N) is 1. The van der Waals surface area contributed by atoms with E-state index in [0.717, 1.165) is 39.8 Å². The number of ether oxygens (including phenoxy) is 2. The van der Waals surface area contributed by atoms with Crippen molar-refractivity contribution in [2.45, 2.75) is 26.3 Å². The summed E-state index contributed by atoms with van der Waals surface area (Å²) in [6.07, 6.45) is 0.797. The van der Waals surface area contributed by atoms with Crippen molar-refractivity contribution >= 4 is 16.7 Å². The van der Waals surface area contributed by atoms with E-state index in [4.69, 9.17) is 9.47 Å². The molecule has 0 aliphatic rings. The Labute approximate surface area is 160 Å². The molecule has 1 N–H and O–H groups in total. The van der Waals surface area contributed by atoms with Gasteiger partial charge in [-0.1, -0.05) is 55.5 Å². The van der Waals surface area contributed by atoms with E-state index in [1.54, 1.807) is 7.11 Å². The van der Waals surface area contributed by atoms with Gasteiger partial charge in [-0.05, 0) is 42.0 Å². The van der Waals surface area contributed by atoms with Crippen LogP contribution in [0.15, 0.2) is 60.7 Å². The Morgan fingerprint density at radius 3 is 2.56 bits per heavy atom. The summed E-state index contributed by atoms with van der Waals surface area (Å²) < 4.78 is 11.1. The molecule has 0 radical (unpaired) electrons. The van der Waals surface area contributed by atoms with Gasteiger partial charge in [0.25, 0.3) is 5.91 Å². The van der Waals surface area contributed by atoms with Crippen LogP contribution in [-0.2, 0) is 4.79 Å². The normalized spacial score (nSPS) is 11.8. The highest BCUT2D eigenvalue weighted by atomic mass is 16.5. The summed E-state index contributed by atoms with van der Waals surface area (Å²) in [6, 6.07) is 19.8. The number of fused-ring (bicyclic) bond motifs is 1. The maximum atomic E-state index is 12.4. The van der Waals surface area contributed by atoms with E-state index in [9.17, 15) is 4.79 Å². The molecule has 3 aromatic rings. The van der Waals surface area contributed by atoms with Crippen molar-refractivity contribution in [3.8, 4) is 11.5 Å². The van der Waals surface area contributed by atoms with Crippen LogP contribution in [-0.4, -0.2) is 19.6 Å². The van der Waals surface area contributed by atoms with Crippen molar-refractivity contribution in [1.82, 2.24) is 5.32 Å². The number of methoxy groups -OCH3 is 1. The maximum Gasteiger partial charge on any atom is 0.258 e. The predicted molar refractivity (Wildman–Crippen MR) is 108 cm³/mol. The predicted octanol–water partition coefficient (Wildman–Crippen LogP) is 4.80. The van der Waals surface area contributed by atoms with Gasteiger partial charge in [0.1, 0.15) is 11.5 Å². The molecule has 1 atom stereocenters. The Morgan fingerprint density at radius 1 is 1.04 bits per heavy atom. The van der Waals surface area contributed by atoms with Gasteiger partial charge in [-0.25, -0.2) is 0 Å². The Kier molecular flexibility index (Phi) is 5.97. The zero-order chi connectivity index (χ0) is 19.2. The van der Waals surface area contributed by atoms with E-state index < -0.39 is 0 Å². The zero-order valence-electron chi connectivity index (χ0n) is 16.0. The van der Waals surface area contributed by atoms with Gasteiger partial charge in [-0.15, -0.1) is 0 Å². The van der Waals surface area contributed by atoms with Gasteiger partial charge in [0.15, 0.2) is 6.61 Å². The van der Waals surface area contributed by atoms with Crippen LogP contribution in [0.25, 0.3) is 10.8 Å². The first-order chi connectivity index (χ1) is 13.1. The smallest absolute Gasteiger partial charge is 0.258 e. The Balaban J connectivity index is 1.66. The van der Waals surface area contributed by atoms with Crippen LogP contribution in [0, 0.1) is 6.92 Å². The Hall–Kier alpha value is -3.01. The van der Waals surface area contributed by atoms with E-state index >= 15 is 0 Å². The molecule has 0 bridgehead atoms. The second-order valence-corrected chi connectivity index (χ2v) is 6.52. The standard InChI is InChI=1S/C23H25NO3/c1-4-20(18-12-13-21(26-3)16(2)14-18)24-23(25)15-27-22-11-7-9-17-8-5-6-10-19(17)22/h5-14,20H,4,15H2,1-3H3,(H,24,25)/t20-/m0/s1. The van der Waals surface area contributed by atoms with Crippen molar-refractivity contribution in [3.05, 3.63) is 71.8 Å². The molecule has 0 saturated heterocycles. The number of aryl methyl sites for hydroxylation is 1. The summed E-state index contributed by atoms with van der Waals surface area (Å²) in [5.74, 6) is 1.43. The van der Waals surface area contributed by atoms with Crippen molar-refractivity contribution in [3.63, 3.8) is 0 Å². The largest absolute Gasteiger partial charge is 0.496 e. The molecule has 0 unspecified atom stereocenters. The first-order valence-corrected chi connectivity index (χ1v) is 9.16. The number of amides is 1. The van der Waals surface area contributed by atoms with Crippen molar-refractivity contribution < 1.29 is 14.3 Å². The number of rotatable bonds is 7. The average molecular weight is 363 g/mol. The second-order valence-electron chi connectivity index (χ2n) is 6.52. The maximum absolute atomic E-state index is 12.4. The number of carbonyl (C=O) groups excluding carboxylic acids is 1. The van der Waals surface area contributed by atoms with E-state index in [0.29, 0.717) is 0 Å². The fourth-order valence-electron chi connectivity index (χ4n) is 3.24. The summed E-state index contributed by atoms with van der Waals surface area (Å²) in [7, 11) is 1.66. The van der Waals surface area contributed by atoms with E-state index in [-0.39, 0.29) is 18.6 Å². The minimum absolute atomic E-state index is 0.0142. The lowest BCUT2D eigenvalue weighted by atomic mass is 10.0. The molecule has 0 fully saturated rings. The third-order valence-corrected chi connectivity index (χ3v) is 4.67. The quantitative estimate of drug-likeness (QED) is 0.656. The summed E-state index contributed by atoms with van der Waals surface area (Å²) in [5, 5.41) is 5.16. The molecule has 1 amide bonds. The number of hydrogen-bond acceptors (Lipinski definition) is 3. The van der Waals surface area contributed by atoms with Crippen molar-refractivity contribution in [1.29, 1.82) is 0 Å². The van der Waals surface area contributed by atoms with E-state index in [1.807, 2.05) is 61.5 Å². The molecule has 0 aliphatic carbocycles. The molecule has 0 aromatic heterocycles. The van der Waals surface area contributed by atoms with Crippen LogP contribution in [0.2, 0.25) is 0 Å². The molecule has 0 spiro atoms. The monoisotopic (exact) mass is 363 g/mol. The fourth-order valence-corrected chi connectivity index (χ4v) is 3.24. The lowest BCUT2D eigenvalue weighted by Crippen LogP contribution is -2.32. The molecule has 4 nitrogen and oxygen atoms in total. The summed E-state index contributed by atoms with van der Waals surface area (Å²) >= 11 is 0. The number of hydrogen-bond donors (Lipinski definition) is 1. The van der Waals surface area contributed by atoms with Crippen LogP contribution in [0.3, 0.4) is 0 Å². The lowest BCUT2D eigenvalue weighted by molar-refractivity contribution is -0.123. The van der Waals surface area contributed by atoms with Crippen LogP contribution in [0.1, 0.15) is 30.5 Å². The Bertz CT molecular complexity index is 931. The number of benzene rings is 3. The second kappa shape index (κ2) is 8.58. The topological polar surface area (TPSA) is 47.6 Å². The van der Waals surface area contributed by atoms with Crippen LogP contribution < -0.4 is 14.8 Å². The third kappa shape index (κ3) is 4.40. The fraction of sp³-hybridized carbons (Fsp3) is 0.261. The molecule has 0 aliphatic heterocycles. The SMILES string of the molecule is CC[C@H](NC(=O)COc1cccc2ccccc12)c1ccc(OC)c(C)c1. The van der Waals surface area contributed by atoms with Crippen molar-refractivity contribution in [2.24, 2.45) is 0 Å². The first kappa shape index (κ1) is 18.8. The van der Waals surface area contributed by atoms with Crippen LogP contribution in [0.4, 0.5) is 0 Å². The highest BCUT2D eigenvalue weighted by molar-refractivity contribution is 5.88. The summed E-state index contributed by atoms with van der Waals surface area (Å²) in [5.41, 5.74) is 2.11. The van der Waals surface area contributed by atoms with Gasteiger partial charge >= 0.3 is 0 Å². The van der Waals surface area contributed by atoms with Gasteiger partial charge in [0.05, 0.1) is 13.2 Å². The van der Waals surface area contributed by atoms with Gasteiger partial charge in [0, 0.05) is 5.39 Å². The lowest BCUT2D eigenvalue weighted by Gasteiger charge is -2.19. The molecule has 3 aromatic carbocycles. The number of carbonyl (C=O) groups is 1. The Morgan fingerprint density at radius 2 is 1.81 bits per heavy atom. The highest BCUT2D eigenvalue weighted by Crippen LogP contribution is 2.26. The van der Waals surface area contributed by atoms with Crippen LogP contribution in [0.5, 0.6) is 11.5 Å².